The Balaban J connectivity index is 2.09. The first-order valence-electron chi connectivity index (χ1n) is 5.52. The van der Waals surface area contributed by atoms with E-state index in [1.807, 2.05) is 0 Å². The van der Waals surface area contributed by atoms with Crippen LogP contribution in [0.1, 0.15) is 44.9 Å². The Kier molecular flexibility index (Phi) is 3.56. The molecule has 2 fully saturated rings. The van der Waals surface area contributed by atoms with Gasteiger partial charge in [0.25, 0.3) is 0 Å². The molecule has 2 saturated carbocycles. The highest BCUT2D eigenvalue weighted by atomic mass is 35.6. The third-order valence-electron chi connectivity index (χ3n) is 3.74. The second-order valence-electron chi connectivity index (χ2n) is 4.57. The van der Waals surface area contributed by atoms with E-state index in [0.717, 1.165) is 12.3 Å². The molecule has 2 atom stereocenters. The summed E-state index contributed by atoms with van der Waals surface area (Å²) in [5.74, 6) is 2.60. The summed E-state index contributed by atoms with van der Waals surface area (Å²) in [6, 6.07) is 0. The van der Waals surface area contributed by atoms with Crippen LogP contribution in [0.4, 0.5) is 0 Å². The summed E-state index contributed by atoms with van der Waals surface area (Å²) in [6.45, 7) is 0. The minimum Gasteiger partial charge on any atom is -0.0830 e. The van der Waals surface area contributed by atoms with Gasteiger partial charge in [-0.25, -0.2) is 0 Å². The van der Waals surface area contributed by atoms with Gasteiger partial charge in [-0.3, -0.25) is 0 Å². The molecule has 0 aromatic carbocycles. The van der Waals surface area contributed by atoms with Crippen molar-refractivity contribution >= 4 is 34.8 Å². The molecule has 0 aromatic rings. The monoisotopic (exact) mass is 253 g/mol. The van der Waals surface area contributed by atoms with E-state index in [4.69, 9.17) is 34.8 Å². The van der Waals surface area contributed by atoms with Crippen LogP contribution < -0.4 is 0 Å². The van der Waals surface area contributed by atoms with Crippen LogP contribution in [-0.4, -0.2) is 3.79 Å². The summed E-state index contributed by atoms with van der Waals surface area (Å²) in [6.07, 6.45) is 8.85. The fraction of sp³-hybridized carbons (Fsp3) is 0.909. The van der Waals surface area contributed by atoms with E-state index in [1.165, 1.54) is 44.4 Å². The Morgan fingerprint density at radius 3 is 2.29 bits per heavy atom. The van der Waals surface area contributed by atoms with Crippen molar-refractivity contribution in [3.05, 3.63) is 5.92 Å². The van der Waals surface area contributed by atoms with Crippen molar-refractivity contribution in [3.8, 4) is 0 Å². The van der Waals surface area contributed by atoms with E-state index in [1.54, 1.807) is 0 Å². The molecule has 0 N–H and O–H groups in total. The lowest BCUT2D eigenvalue weighted by Crippen LogP contribution is -2.36. The Morgan fingerprint density at radius 2 is 1.57 bits per heavy atom. The summed E-state index contributed by atoms with van der Waals surface area (Å²) >= 11 is 18.1. The molecule has 0 aliphatic heterocycles. The second kappa shape index (κ2) is 4.39. The normalized spacial score (nSPS) is 35.4. The number of alkyl halides is 3. The van der Waals surface area contributed by atoms with Crippen LogP contribution in [0.25, 0.3) is 0 Å². The minimum atomic E-state index is -1.11. The number of rotatable bonds is 0. The zero-order valence-electron chi connectivity index (χ0n) is 8.24. The second-order valence-corrected chi connectivity index (χ2v) is 6.85. The maximum absolute atomic E-state index is 6.03. The van der Waals surface area contributed by atoms with Gasteiger partial charge in [0.15, 0.2) is 3.79 Å². The summed E-state index contributed by atoms with van der Waals surface area (Å²) in [4.78, 5) is 0. The molecule has 0 aromatic heterocycles. The maximum atomic E-state index is 6.03. The van der Waals surface area contributed by atoms with Gasteiger partial charge in [0.1, 0.15) is 0 Å². The molecule has 2 aliphatic rings. The Morgan fingerprint density at radius 1 is 0.929 bits per heavy atom. The van der Waals surface area contributed by atoms with E-state index in [-0.39, 0.29) is 0 Å². The molecule has 2 unspecified atom stereocenters. The average Bonchev–Trinajstić information content (AvgIpc) is 2.15. The summed E-state index contributed by atoms with van der Waals surface area (Å²) in [7, 11) is 0. The lowest BCUT2D eigenvalue weighted by atomic mass is 9.66. The van der Waals surface area contributed by atoms with Crippen molar-refractivity contribution in [1.82, 2.24) is 0 Å². The number of fused-ring (bicyclic) bond motifs is 1. The van der Waals surface area contributed by atoms with E-state index in [2.05, 4.69) is 0 Å². The molecule has 0 amide bonds. The van der Waals surface area contributed by atoms with E-state index in [0.29, 0.717) is 5.92 Å². The number of halogens is 3. The smallest absolute Gasteiger partial charge is 0.0830 e. The molecule has 0 spiro atoms. The highest BCUT2D eigenvalue weighted by molar-refractivity contribution is 6.69. The van der Waals surface area contributed by atoms with Crippen molar-refractivity contribution in [2.45, 2.75) is 48.7 Å². The van der Waals surface area contributed by atoms with Gasteiger partial charge < -0.3 is 0 Å². The van der Waals surface area contributed by atoms with Crippen LogP contribution in [-0.2, 0) is 0 Å². The standard InChI is InChI=1S/C11H16Cl3/c12-11(13,14)10-7-3-5-8-4-1-2-6-9(8)10/h8-9H,1-7H2. The Hall–Kier alpha value is 0.870. The fourth-order valence-corrected chi connectivity index (χ4v) is 3.81. The van der Waals surface area contributed by atoms with Crippen molar-refractivity contribution in [2.24, 2.45) is 11.8 Å². The molecule has 2 aliphatic carbocycles. The Labute approximate surface area is 101 Å². The van der Waals surface area contributed by atoms with Gasteiger partial charge in [0.05, 0.1) is 0 Å². The van der Waals surface area contributed by atoms with E-state index >= 15 is 0 Å². The van der Waals surface area contributed by atoms with Crippen molar-refractivity contribution < 1.29 is 0 Å². The quantitative estimate of drug-likeness (QED) is 0.538. The van der Waals surface area contributed by atoms with Crippen LogP contribution in [0, 0.1) is 17.8 Å². The average molecular weight is 255 g/mol. The first-order chi connectivity index (χ1) is 6.59. The molecule has 0 heterocycles. The van der Waals surface area contributed by atoms with Crippen molar-refractivity contribution in [1.29, 1.82) is 0 Å². The predicted molar refractivity (Wildman–Crippen MR) is 62.8 cm³/mol. The molecule has 0 nitrogen and oxygen atoms in total. The van der Waals surface area contributed by atoms with Gasteiger partial charge in [-0.15, -0.1) is 0 Å². The van der Waals surface area contributed by atoms with Gasteiger partial charge in [-0.2, -0.15) is 0 Å². The third-order valence-corrected chi connectivity index (χ3v) is 4.47. The van der Waals surface area contributed by atoms with E-state index in [9.17, 15) is 0 Å². The SMILES string of the molecule is ClC(Cl)(Cl)[C]1CCCC2CCCCC12. The van der Waals surface area contributed by atoms with Gasteiger partial charge in [-0.1, -0.05) is 66.9 Å². The molecule has 1 radical (unpaired) electrons. The van der Waals surface area contributed by atoms with Crippen LogP contribution >= 0.6 is 34.8 Å². The zero-order chi connectivity index (χ0) is 10.2. The molecule has 0 bridgehead atoms. The molecule has 81 valence electrons. The first kappa shape index (κ1) is 11.4. The summed E-state index contributed by atoms with van der Waals surface area (Å²) in [5.41, 5.74) is 0. The number of hydrogen-bond acceptors (Lipinski definition) is 0. The fourth-order valence-electron chi connectivity index (χ4n) is 3.10. The maximum Gasteiger partial charge on any atom is 0.197 e. The van der Waals surface area contributed by atoms with Crippen LogP contribution in [0.3, 0.4) is 0 Å². The molecule has 3 heteroatoms. The highest BCUT2D eigenvalue weighted by Crippen LogP contribution is 2.53. The Bertz CT molecular complexity index is 195. The highest BCUT2D eigenvalue weighted by Gasteiger charge is 2.44. The predicted octanol–water partition coefficient (Wildman–Crippen LogP) is 4.92. The van der Waals surface area contributed by atoms with Gasteiger partial charge in [0, 0.05) is 5.92 Å². The first-order valence-corrected chi connectivity index (χ1v) is 6.65. The van der Waals surface area contributed by atoms with Crippen LogP contribution in [0.5, 0.6) is 0 Å². The summed E-state index contributed by atoms with van der Waals surface area (Å²) < 4.78 is -1.11. The summed E-state index contributed by atoms with van der Waals surface area (Å²) in [5, 5.41) is 0. The lowest BCUT2D eigenvalue weighted by molar-refractivity contribution is 0.190. The lowest BCUT2D eigenvalue weighted by Gasteiger charge is -2.43. The minimum absolute atomic E-state index is 0.602. The largest absolute Gasteiger partial charge is 0.197 e. The molecule has 0 saturated heterocycles. The molecule has 2 rings (SSSR count). The zero-order valence-corrected chi connectivity index (χ0v) is 10.5. The van der Waals surface area contributed by atoms with E-state index < -0.39 is 3.79 Å². The van der Waals surface area contributed by atoms with Crippen LogP contribution in [0.2, 0.25) is 0 Å². The van der Waals surface area contributed by atoms with Crippen molar-refractivity contribution in [2.75, 3.05) is 0 Å². The number of hydrogen-bond donors (Lipinski definition) is 0. The van der Waals surface area contributed by atoms with Crippen molar-refractivity contribution in [3.63, 3.8) is 0 Å². The van der Waals surface area contributed by atoms with Gasteiger partial charge in [-0.05, 0) is 24.7 Å². The van der Waals surface area contributed by atoms with Crippen LogP contribution in [0.15, 0.2) is 0 Å². The third kappa shape index (κ3) is 2.33. The topological polar surface area (TPSA) is 0 Å². The van der Waals surface area contributed by atoms with Gasteiger partial charge >= 0.3 is 0 Å². The molecular formula is C11H16Cl3. The van der Waals surface area contributed by atoms with Gasteiger partial charge in [0.2, 0.25) is 0 Å². The molecular weight excluding hydrogens is 238 g/mol. The molecule has 14 heavy (non-hydrogen) atoms.